The summed E-state index contributed by atoms with van der Waals surface area (Å²) < 4.78 is 0.918. The molecule has 0 spiro atoms. The van der Waals surface area contributed by atoms with Crippen molar-refractivity contribution in [3.8, 4) is 11.8 Å². The van der Waals surface area contributed by atoms with Crippen LogP contribution in [-0.2, 0) is 0 Å². The average Bonchev–Trinajstić information content (AvgIpc) is 2.67. The summed E-state index contributed by atoms with van der Waals surface area (Å²) in [4.78, 5) is 14.8. The zero-order valence-electron chi connectivity index (χ0n) is 13.8. The Hall–Kier alpha value is -2.29. The molecule has 3 aromatic rings. The Bertz CT molecular complexity index is 959. The van der Waals surface area contributed by atoms with Crippen LogP contribution in [0.25, 0.3) is 0 Å². The minimum Gasteiger partial charge on any atom is -0.297 e. The first kappa shape index (κ1) is 18.5. The van der Waals surface area contributed by atoms with Crippen LogP contribution in [0.5, 0.6) is 0 Å². The van der Waals surface area contributed by atoms with Gasteiger partial charge in [0.2, 0.25) is 0 Å². The average molecular weight is 472 g/mol. The molecule has 1 amide bonds. The molecule has 0 atom stereocenters. The van der Waals surface area contributed by atoms with Gasteiger partial charge in [0.1, 0.15) is 0 Å². The second-order valence-corrected chi connectivity index (χ2v) is 7.11. The molecule has 0 bridgehead atoms. The highest BCUT2D eigenvalue weighted by Crippen LogP contribution is 2.19. The maximum Gasteiger partial charge on any atom is 0.260 e. The van der Waals surface area contributed by atoms with Crippen LogP contribution >= 0.6 is 34.2 Å². The summed E-state index contributed by atoms with van der Waals surface area (Å²) in [5.41, 5.74) is 2.36. The van der Waals surface area contributed by atoms with E-state index in [2.05, 4.69) is 34.4 Å². The molecule has 3 rings (SSSR count). The van der Waals surface area contributed by atoms with E-state index in [1.807, 2.05) is 66.7 Å². The van der Waals surface area contributed by atoms with Crippen LogP contribution < -0.4 is 4.90 Å². The molecule has 0 aromatic heterocycles. The standard InChI is InChI=1S/C22H15ClINO/c23-18-14-12-17(13-15-18)7-6-16-25(19-8-2-1-3-9-19)22(26)20-10-4-5-11-21(20)24/h1-5,8-15H,16H2. The van der Waals surface area contributed by atoms with Crippen molar-refractivity contribution in [2.24, 2.45) is 0 Å². The Morgan fingerprint density at radius 2 is 1.58 bits per heavy atom. The molecule has 0 saturated carbocycles. The summed E-state index contributed by atoms with van der Waals surface area (Å²) in [7, 11) is 0. The van der Waals surface area contributed by atoms with E-state index >= 15 is 0 Å². The highest BCUT2D eigenvalue weighted by molar-refractivity contribution is 14.1. The number of carbonyl (C=O) groups excluding carboxylic acids is 1. The first-order valence-electron chi connectivity index (χ1n) is 8.01. The molecule has 3 aromatic carbocycles. The van der Waals surface area contributed by atoms with Crippen molar-refractivity contribution in [3.63, 3.8) is 0 Å². The summed E-state index contributed by atoms with van der Waals surface area (Å²) in [5.74, 6) is 6.12. The third kappa shape index (κ3) is 4.66. The van der Waals surface area contributed by atoms with Gasteiger partial charge in [-0.25, -0.2) is 0 Å². The van der Waals surface area contributed by atoms with E-state index in [0.29, 0.717) is 17.1 Å². The Labute approximate surface area is 171 Å². The lowest BCUT2D eigenvalue weighted by Crippen LogP contribution is -2.31. The van der Waals surface area contributed by atoms with Crippen molar-refractivity contribution in [3.05, 3.63) is 98.6 Å². The number of carbonyl (C=O) groups is 1. The van der Waals surface area contributed by atoms with E-state index in [0.717, 1.165) is 14.8 Å². The van der Waals surface area contributed by atoms with Crippen molar-refractivity contribution in [1.82, 2.24) is 0 Å². The van der Waals surface area contributed by atoms with Crippen molar-refractivity contribution < 1.29 is 4.79 Å². The number of benzene rings is 3. The van der Waals surface area contributed by atoms with E-state index in [1.54, 1.807) is 17.0 Å². The molecule has 0 aliphatic heterocycles. The molecular weight excluding hydrogens is 457 g/mol. The summed E-state index contributed by atoms with van der Waals surface area (Å²) >= 11 is 8.08. The van der Waals surface area contributed by atoms with Crippen molar-refractivity contribution in [2.45, 2.75) is 0 Å². The second kappa shape index (κ2) is 8.88. The normalized spacial score (nSPS) is 9.92. The Morgan fingerprint density at radius 3 is 2.27 bits per heavy atom. The summed E-state index contributed by atoms with van der Waals surface area (Å²) in [6.45, 7) is 0.302. The molecule has 0 aliphatic carbocycles. The zero-order valence-corrected chi connectivity index (χ0v) is 16.7. The van der Waals surface area contributed by atoms with Crippen LogP contribution in [0.15, 0.2) is 78.9 Å². The van der Waals surface area contributed by atoms with E-state index < -0.39 is 0 Å². The van der Waals surface area contributed by atoms with Gasteiger partial charge in [-0.05, 0) is 71.1 Å². The molecule has 0 aliphatic rings. The van der Waals surface area contributed by atoms with Gasteiger partial charge in [0.05, 0.1) is 12.1 Å². The molecule has 0 unspecified atom stereocenters. The van der Waals surface area contributed by atoms with E-state index in [-0.39, 0.29) is 5.91 Å². The minimum atomic E-state index is -0.0633. The van der Waals surface area contributed by atoms with Gasteiger partial charge < -0.3 is 0 Å². The maximum atomic E-state index is 13.1. The van der Waals surface area contributed by atoms with E-state index in [9.17, 15) is 4.79 Å². The predicted octanol–water partition coefficient (Wildman–Crippen LogP) is 5.64. The minimum absolute atomic E-state index is 0.0633. The topological polar surface area (TPSA) is 20.3 Å². The largest absolute Gasteiger partial charge is 0.297 e. The highest BCUT2D eigenvalue weighted by atomic mass is 127. The molecule has 4 heteroatoms. The SMILES string of the molecule is O=C(c1ccccc1I)N(CC#Cc1ccc(Cl)cc1)c1ccccc1. The van der Waals surface area contributed by atoms with Crippen LogP contribution in [0.2, 0.25) is 5.02 Å². The molecule has 0 N–H and O–H groups in total. The van der Waals surface area contributed by atoms with E-state index in [4.69, 9.17) is 11.6 Å². The van der Waals surface area contributed by atoms with Crippen LogP contribution in [0, 0.1) is 15.4 Å². The fourth-order valence-corrected chi connectivity index (χ4v) is 3.17. The monoisotopic (exact) mass is 471 g/mol. The van der Waals surface area contributed by atoms with Crippen molar-refractivity contribution in [2.75, 3.05) is 11.4 Å². The molecule has 0 radical (unpaired) electrons. The molecule has 2 nitrogen and oxygen atoms in total. The highest BCUT2D eigenvalue weighted by Gasteiger charge is 2.18. The van der Waals surface area contributed by atoms with Gasteiger partial charge in [0.25, 0.3) is 5.91 Å². The lowest BCUT2D eigenvalue weighted by Gasteiger charge is -2.21. The first-order chi connectivity index (χ1) is 12.6. The lowest BCUT2D eigenvalue weighted by atomic mass is 10.1. The quantitative estimate of drug-likeness (QED) is 0.357. The van der Waals surface area contributed by atoms with Gasteiger partial charge in [0, 0.05) is 19.8 Å². The number of para-hydroxylation sites is 1. The number of rotatable bonds is 3. The fourth-order valence-electron chi connectivity index (χ4n) is 2.42. The van der Waals surface area contributed by atoms with Gasteiger partial charge in [-0.2, -0.15) is 0 Å². The van der Waals surface area contributed by atoms with Gasteiger partial charge in [-0.3, -0.25) is 9.69 Å². The van der Waals surface area contributed by atoms with Crippen LogP contribution in [-0.4, -0.2) is 12.5 Å². The Balaban J connectivity index is 1.89. The number of hydrogen-bond acceptors (Lipinski definition) is 1. The van der Waals surface area contributed by atoms with Gasteiger partial charge in [-0.15, -0.1) is 0 Å². The number of halogens is 2. The van der Waals surface area contributed by atoms with E-state index in [1.165, 1.54) is 0 Å². The van der Waals surface area contributed by atoms with Crippen LogP contribution in [0.4, 0.5) is 5.69 Å². The predicted molar refractivity (Wildman–Crippen MR) is 116 cm³/mol. The first-order valence-corrected chi connectivity index (χ1v) is 9.47. The third-order valence-corrected chi connectivity index (χ3v) is 4.92. The summed E-state index contributed by atoms with van der Waals surface area (Å²) in [5, 5.41) is 0.676. The second-order valence-electron chi connectivity index (χ2n) is 5.52. The third-order valence-electron chi connectivity index (χ3n) is 3.73. The van der Waals surface area contributed by atoms with Gasteiger partial charge in [0.15, 0.2) is 0 Å². The van der Waals surface area contributed by atoms with Crippen LogP contribution in [0.3, 0.4) is 0 Å². The molecule has 0 heterocycles. The summed E-state index contributed by atoms with van der Waals surface area (Å²) in [6.07, 6.45) is 0. The molecule has 0 saturated heterocycles. The molecular formula is C22H15ClINO. The number of nitrogens with zero attached hydrogens (tertiary/aromatic N) is 1. The Morgan fingerprint density at radius 1 is 0.923 bits per heavy atom. The number of hydrogen-bond donors (Lipinski definition) is 0. The molecule has 26 heavy (non-hydrogen) atoms. The van der Waals surface area contributed by atoms with Gasteiger partial charge >= 0.3 is 0 Å². The number of amides is 1. The zero-order chi connectivity index (χ0) is 18.4. The molecule has 0 fully saturated rings. The van der Waals surface area contributed by atoms with Crippen LogP contribution in [0.1, 0.15) is 15.9 Å². The smallest absolute Gasteiger partial charge is 0.260 e. The fraction of sp³-hybridized carbons (Fsp3) is 0.0455. The van der Waals surface area contributed by atoms with Gasteiger partial charge in [-0.1, -0.05) is 53.8 Å². The Kier molecular flexibility index (Phi) is 6.32. The summed E-state index contributed by atoms with van der Waals surface area (Å²) in [6, 6.07) is 24.5. The molecule has 128 valence electrons. The van der Waals surface area contributed by atoms with Crippen molar-refractivity contribution in [1.29, 1.82) is 0 Å². The lowest BCUT2D eigenvalue weighted by molar-refractivity contribution is 0.0989. The maximum absolute atomic E-state index is 13.1. The number of anilines is 1. The van der Waals surface area contributed by atoms with Crippen molar-refractivity contribution >= 4 is 45.8 Å².